The van der Waals surface area contributed by atoms with Gasteiger partial charge in [-0.15, -0.1) is 4.91 Å². The lowest BCUT2D eigenvalue weighted by Gasteiger charge is -2.03. The maximum absolute atomic E-state index is 10.6. The number of rotatable bonds is 4. The van der Waals surface area contributed by atoms with Crippen LogP contribution in [0.3, 0.4) is 0 Å². The van der Waals surface area contributed by atoms with E-state index in [0.29, 0.717) is 18.0 Å². The van der Waals surface area contributed by atoms with E-state index in [9.17, 15) is 10.0 Å². The second-order valence-electron chi connectivity index (χ2n) is 4.04. The minimum absolute atomic E-state index is 0.252. The number of halogens is 1. The number of nitrogens with zero attached hydrogens (tertiary/aromatic N) is 1. The Balaban J connectivity index is 2.95. The van der Waals surface area contributed by atoms with E-state index in [0.717, 1.165) is 9.13 Å². The van der Waals surface area contributed by atoms with E-state index in [2.05, 4.69) is 5.18 Å². The van der Waals surface area contributed by atoms with Gasteiger partial charge >= 0.3 is 0 Å². The highest BCUT2D eigenvalue weighted by Crippen LogP contribution is 2.23. The van der Waals surface area contributed by atoms with Gasteiger partial charge in [0.15, 0.2) is 0 Å². The van der Waals surface area contributed by atoms with Crippen LogP contribution in [0.25, 0.3) is 6.08 Å². The Labute approximate surface area is 109 Å². The van der Waals surface area contributed by atoms with Crippen LogP contribution >= 0.6 is 22.6 Å². The lowest BCUT2D eigenvalue weighted by Crippen LogP contribution is -1.89. The summed E-state index contributed by atoms with van der Waals surface area (Å²) in [7, 11) is 0. The van der Waals surface area contributed by atoms with E-state index >= 15 is 0 Å². The molecule has 0 aromatic heterocycles. The molecule has 1 N–H and O–H groups in total. The molecule has 0 radical (unpaired) electrons. The molecule has 0 saturated carbocycles. The molecule has 0 spiro atoms. The average molecular weight is 331 g/mol. The number of nitroso groups, excluding NO2 is 1. The van der Waals surface area contributed by atoms with Crippen LogP contribution in [0.1, 0.15) is 25.8 Å². The first-order valence-electron chi connectivity index (χ1n) is 5.05. The summed E-state index contributed by atoms with van der Waals surface area (Å²) in [6, 6.07) is 5.20. The van der Waals surface area contributed by atoms with Gasteiger partial charge in [-0.3, -0.25) is 0 Å². The van der Waals surface area contributed by atoms with Crippen LogP contribution in [-0.2, 0) is 0 Å². The molecular weight excluding hydrogens is 317 g/mol. The predicted molar refractivity (Wildman–Crippen MR) is 74.1 cm³/mol. The molecule has 0 saturated heterocycles. The van der Waals surface area contributed by atoms with Crippen LogP contribution in [0, 0.1) is 14.4 Å². The minimum atomic E-state index is 0.252. The number of benzene rings is 1. The second kappa shape index (κ2) is 5.98. The largest absolute Gasteiger partial charge is 0.507 e. The monoisotopic (exact) mass is 331 g/mol. The fraction of sp³-hybridized carbons (Fsp3) is 0.333. The van der Waals surface area contributed by atoms with Crippen molar-refractivity contribution in [3.05, 3.63) is 37.9 Å². The Hall–Kier alpha value is -0.910. The van der Waals surface area contributed by atoms with Crippen LogP contribution in [0.2, 0.25) is 0 Å². The first kappa shape index (κ1) is 13.2. The van der Waals surface area contributed by atoms with Crippen LogP contribution in [-0.4, -0.2) is 5.11 Å². The minimum Gasteiger partial charge on any atom is -0.507 e. The zero-order valence-corrected chi connectivity index (χ0v) is 11.4. The molecule has 1 aromatic carbocycles. The third-order valence-corrected chi connectivity index (χ3v) is 2.90. The normalized spacial score (nSPS) is 11.9. The number of allylic oxidation sites excluding steroid dienone is 1. The van der Waals surface area contributed by atoms with Crippen molar-refractivity contribution in [1.29, 1.82) is 0 Å². The predicted octanol–water partition coefficient (Wildman–Crippen LogP) is 4.15. The zero-order chi connectivity index (χ0) is 12.1. The highest BCUT2D eigenvalue weighted by molar-refractivity contribution is 14.1. The quantitative estimate of drug-likeness (QED) is 0.666. The van der Waals surface area contributed by atoms with E-state index < -0.39 is 0 Å². The van der Waals surface area contributed by atoms with Crippen molar-refractivity contribution in [2.24, 2.45) is 11.1 Å². The number of hydrogen-bond donors (Lipinski definition) is 1. The molecule has 0 aliphatic rings. The molecule has 0 heterocycles. The maximum atomic E-state index is 10.6. The van der Waals surface area contributed by atoms with E-state index in [-0.39, 0.29) is 5.75 Å². The molecule has 3 nitrogen and oxygen atoms in total. The fourth-order valence-electron chi connectivity index (χ4n) is 1.35. The van der Waals surface area contributed by atoms with Gasteiger partial charge in [-0.2, -0.15) is 0 Å². The first-order valence-corrected chi connectivity index (χ1v) is 6.13. The number of hydrogen-bond acceptors (Lipinski definition) is 3. The Morgan fingerprint density at radius 3 is 2.75 bits per heavy atom. The van der Waals surface area contributed by atoms with Crippen molar-refractivity contribution in [1.82, 2.24) is 0 Å². The molecule has 0 amide bonds. The smallest absolute Gasteiger partial charge is 0.128 e. The van der Waals surface area contributed by atoms with Crippen LogP contribution in [0.15, 0.2) is 29.1 Å². The third-order valence-electron chi connectivity index (χ3n) is 2.04. The molecule has 1 rings (SSSR count). The van der Waals surface area contributed by atoms with E-state index in [4.69, 9.17) is 0 Å². The van der Waals surface area contributed by atoms with Crippen molar-refractivity contribution < 1.29 is 5.11 Å². The number of phenolic OH excluding ortho intramolecular Hbond substituents is 1. The van der Waals surface area contributed by atoms with E-state index in [1.54, 1.807) is 18.2 Å². The van der Waals surface area contributed by atoms with Crippen LogP contribution in [0.4, 0.5) is 0 Å². The van der Waals surface area contributed by atoms with Crippen molar-refractivity contribution in [3.8, 4) is 5.75 Å². The van der Waals surface area contributed by atoms with Gasteiger partial charge in [0.25, 0.3) is 0 Å². The summed E-state index contributed by atoms with van der Waals surface area (Å²) < 4.78 is 0.765. The van der Waals surface area contributed by atoms with Crippen LogP contribution in [0.5, 0.6) is 5.75 Å². The number of phenols is 1. The molecule has 0 aliphatic heterocycles. The Kier molecular flexibility index (Phi) is 4.92. The molecule has 0 atom stereocenters. The second-order valence-corrected chi connectivity index (χ2v) is 5.20. The lowest BCUT2D eigenvalue weighted by atomic mass is 10.1. The molecule has 0 fully saturated rings. The Morgan fingerprint density at radius 2 is 2.25 bits per heavy atom. The molecule has 4 heteroatoms. The summed E-state index contributed by atoms with van der Waals surface area (Å²) in [4.78, 5) is 10.6. The van der Waals surface area contributed by atoms with E-state index in [1.807, 2.05) is 42.5 Å². The Bertz CT molecular complexity index is 413. The first-order chi connectivity index (χ1) is 7.52. The summed E-state index contributed by atoms with van der Waals surface area (Å²) >= 11 is 2.05. The van der Waals surface area contributed by atoms with Gasteiger partial charge in [-0.25, -0.2) is 0 Å². The SMILES string of the molecule is CC(C)C/C(=C\c1ccc(O)c(I)c1)N=O. The molecule has 16 heavy (non-hydrogen) atoms. The summed E-state index contributed by atoms with van der Waals surface area (Å²) in [5.74, 6) is 0.655. The highest BCUT2D eigenvalue weighted by atomic mass is 127. The highest BCUT2D eigenvalue weighted by Gasteiger charge is 2.03. The topological polar surface area (TPSA) is 49.7 Å². The average Bonchev–Trinajstić information content (AvgIpc) is 2.22. The summed E-state index contributed by atoms with van der Waals surface area (Å²) in [6.45, 7) is 4.08. The van der Waals surface area contributed by atoms with Crippen molar-refractivity contribution in [3.63, 3.8) is 0 Å². The van der Waals surface area contributed by atoms with Gasteiger partial charge in [0.05, 0.1) is 9.27 Å². The maximum Gasteiger partial charge on any atom is 0.128 e. The van der Waals surface area contributed by atoms with Gasteiger partial charge in [0.2, 0.25) is 0 Å². The molecule has 1 aromatic rings. The van der Waals surface area contributed by atoms with Crippen molar-refractivity contribution in [2.45, 2.75) is 20.3 Å². The van der Waals surface area contributed by atoms with Gasteiger partial charge in [0.1, 0.15) is 5.75 Å². The Morgan fingerprint density at radius 1 is 1.56 bits per heavy atom. The molecule has 0 aliphatic carbocycles. The van der Waals surface area contributed by atoms with Gasteiger partial charge < -0.3 is 5.11 Å². The van der Waals surface area contributed by atoms with Gasteiger partial charge in [0, 0.05) is 0 Å². The molecule has 0 bridgehead atoms. The standard InChI is InChI=1S/C12H14INO2/c1-8(2)5-10(14-16)6-9-3-4-12(15)11(13)7-9/h3-4,6-8,15H,5H2,1-2H3/b10-6+. The van der Waals surface area contributed by atoms with Crippen molar-refractivity contribution in [2.75, 3.05) is 0 Å². The lowest BCUT2D eigenvalue weighted by molar-refractivity contribution is 0.471. The van der Waals surface area contributed by atoms with Crippen LogP contribution < -0.4 is 0 Å². The summed E-state index contributed by atoms with van der Waals surface area (Å²) in [5, 5.41) is 12.4. The van der Waals surface area contributed by atoms with Crippen molar-refractivity contribution >= 4 is 28.7 Å². The molecule has 86 valence electrons. The third kappa shape index (κ3) is 3.92. The zero-order valence-electron chi connectivity index (χ0n) is 9.27. The summed E-state index contributed by atoms with van der Waals surface area (Å²) in [6.07, 6.45) is 2.43. The fourth-order valence-corrected chi connectivity index (χ4v) is 1.89. The van der Waals surface area contributed by atoms with E-state index in [1.165, 1.54) is 0 Å². The molecular formula is C12H14INO2. The van der Waals surface area contributed by atoms with Gasteiger partial charge in [-0.05, 0) is 63.9 Å². The summed E-state index contributed by atoms with van der Waals surface area (Å²) in [5.41, 5.74) is 1.42. The van der Waals surface area contributed by atoms with Gasteiger partial charge in [-0.1, -0.05) is 19.9 Å². The number of aromatic hydroxyl groups is 1. The molecule has 0 unspecified atom stereocenters.